The molecule has 3 rings (SSSR count). The highest BCUT2D eigenvalue weighted by atomic mass is 32.2. The number of methoxy groups -OCH3 is 1. The number of esters is 1. The van der Waals surface area contributed by atoms with E-state index in [1.165, 1.54) is 23.3 Å². The summed E-state index contributed by atoms with van der Waals surface area (Å²) in [5.41, 5.74) is 4.29. The van der Waals surface area contributed by atoms with Crippen LogP contribution in [0.4, 0.5) is 5.00 Å². The molecule has 1 unspecified atom stereocenters. The Morgan fingerprint density at radius 2 is 1.93 bits per heavy atom. The average molecular weight is 447 g/mol. The highest BCUT2D eigenvalue weighted by Crippen LogP contribution is 2.42. The van der Waals surface area contributed by atoms with Crippen LogP contribution in [0.1, 0.15) is 40.2 Å². The van der Waals surface area contributed by atoms with Gasteiger partial charge < -0.3 is 15.0 Å². The topological polar surface area (TPSA) is 75.7 Å². The SMILES string of the molecule is COC(=O)c1c(NC(=O)C2CSC(C)(C)N2C=O)sc(C)c1-c1ccc(C)c(C)c1. The summed E-state index contributed by atoms with van der Waals surface area (Å²) in [5.74, 6) is -0.311. The first kappa shape index (κ1) is 22.4. The predicted octanol–water partition coefficient (Wildman–Crippen LogP) is 4.38. The van der Waals surface area contributed by atoms with Crippen LogP contribution < -0.4 is 5.32 Å². The van der Waals surface area contributed by atoms with Gasteiger partial charge in [-0.1, -0.05) is 18.2 Å². The molecule has 1 aromatic carbocycles. The van der Waals surface area contributed by atoms with Crippen LogP contribution in [-0.2, 0) is 14.3 Å². The van der Waals surface area contributed by atoms with E-state index in [0.29, 0.717) is 22.7 Å². The summed E-state index contributed by atoms with van der Waals surface area (Å²) in [4.78, 5) is 39.3. The van der Waals surface area contributed by atoms with Gasteiger partial charge in [0.2, 0.25) is 12.3 Å². The molecule has 1 fully saturated rings. The number of benzene rings is 1. The quantitative estimate of drug-likeness (QED) is 0.545. The Kier molecular flexibility index (Phi) is 6.29. The number of nitrogens with one attached hydrogen (secondary N) is 1. The van der Waals surface area contributed by atoms with E-state index in [-0.39, 0.29) is 5.91 Å². The molecule has 1 N–H and O–H groups in total. The molecule has 0 aliphatic carbocycles. The lowest BCUT2D eigenvalue weighted by atomic mass is 9.97. The van der Waals surface area contributed by atoms with Crippen molar-refractivity contribution in [3.05, 3.63) is 39.8 Å². The Hall–Kier alpha value is -2.32. The average Bonchev–Trinajstić information content (AvgIpc) is 3.18. The van der Waals surface area contributed by atoms with Crippen molar-refractivity contribution in [2.45, 2.75) is 45.5 Å². The Morgan fingerprint density at radius 3 is 2.53 bits per heavy atom. The normalized spacial score (nSPS) is 17.7. The molecule has 1 aliphatic heterocycles. The van der Waals surface area contributed by atoms with Crippen LogP contribution in [0.5, 0.6) is 0 Å². The standard InChI is InChI=1S/C22H26N2O4S2/c1-12-7-8-15(9-13(12)2)17-14(3)30-20(18(17)21(27)28-6)23-19(26)16-10-29-22(4,5)24(16)11-25/h7-9,11,16H,10H2,1-6H3,(H,23,26). The van der Waals surface area contributed by atoms with Crippen LogP contribution in [0.3, 0.4) is 0 Å². The number of hydrogen-bond donors (Lipinski definition) is 1. The minimum absolute atomic E-state index is 0.307. The van der Waals surface area contributed by atoms with E-state index < -0.39 is 16.9 Å². The van der Waals surface area contributed by atoms with Gasteiger partial charge in [-0.05, 0) is 51.3 Å². The number of aryl methyl sites for hydroxylation is 3. The second kappa shape index (κ2) is 8.43. The summed E-state index contributed by atoms with van der Waals surface area (Å²) >= 11 is 2.89. The summed E-state index contributed by atoms with van der Waals surface area (Å²) in [7, 11) is 1.33. The zero-order valence-electron chi connectivity index (χ0n) is 18.0. The molecule has 30 heavy (non-hydrogen) atoms. The first-order chi connectivity index (χ1) is 14.1. The van der Waals surface area contributed by atoms with Gasteiger partial charge in [0.05, 0.1) is 12.0 Å². The Labute approximate surface area is 185 Å². The predicted molar refractivity (Wildman–Crippen MR) is 122 cm³/mol. The van der Waals surface area contributed by atoms with E-state index in [0.717, 1.165) is 27.1 Å². The molecule has 160 valence electrons. The molecule has 1 atom stereocenters. The highest BCUT2D eigenvalue weighted by Gasteiger charge is 2.43. The molecule has 1 aromatic heterocycles. The molecule has 0 bridgehead atoms. The zero-order valence-corrected chi connectivity index (χ0v) is 19.6. The molecule has 2 amide bonds. The first-order valence-corrected chi connectivity index (χ1v) is 11.4. The fraction of sp³-hybridized carbons (Fsp3) is 0.409. The molecular weight excluding hydrogens is 420 g/mol. The maximum atomic E-state index is 13.0. The fourth-order valence-electron chi connectivity index (χ4n) is 3.58. The molecular formula is C22H26N2O4S2. The third-order valence-corrected chi connectivity index (χ3v) is 7.89. The first-order valence-electron chi connectivity index (χ1n) is 9.58. The Bertz CT molecular complexity index is 1010. The van der Waals surface area contributed by atoms with Gasteiger partial charge in [0.25, 0.3) is 0 Å². The number of thioether (sulfide) groups is 1. The molecule has 2 aromatic rings. The van der Waals surface area contributed by atoms with Crippen LogP contribution in [0.15, 0.2) is 18.2 Å². The lowest BCUT2D eigenvalue weighted by Gasteiger charge is -2.30. The maximum Gasteiger partial charge on any atom is 0.341 e. The molecule has 8 heteroatoms. The van der Waals surface area contributed by atoms with Crippen LogP contribution >= 0.6 is 23.1 Å². The van der Waals surface area contributed by atoms with E-state index in [4.69, 9.17) is 4.74 Å². The summed E-state index contributed by atoms with van der Waals surface area (Å²) in [6.07, 6.45) is 0.714. The summed E-state index contributed by atoms with van der Waals surface area (Å²) in [6.45, 7) is 9.79. The number of ether oxygens (including phenoxy) is 1. The van der Waals surface area contributed by atoms with E-state index in [1.54, 1.807) is 11.8 Å². The van der Waals surface area contributed by atoms with E-state index >= 15 is 0 Å². The second-order valence-corrected chi connectivity index (χ2v) is 10.6. The zero-order chi connectivity index (χ0) is 22.2. The van der Waals surface area contributed by atoms with Crippen molar-refractivity contribution >= 4 is 46.4 Å². The lowest BCUT2D eigenvalue weighted by Crippen LogP contribution is -2.47. The van der Waals surface area contributed by atoms with Crippen LogP contribution in [0.25, 0.3) is 11.1 Å². The molecule has 1 saturated heterocycles. The third-order valence-electron chi connectivity index (χ3n) is 5.47. The molecule has 2 heterocycles. The highest BCUT2D eigenvalue weighted by molar-refractivity contribution is 8.00. The van der Waals surface area contributed by atoms with Crippen LogP contribution in [0.2, 0.25) is 0 Å². The number of thiophene rings is 1. The van der Waals surface area contributed by atoms with Gasteiger partial charge in [0, 0.05) is 16.2 Å². The molecule has 0 spiro atoms. The molecule has 6 nitrogen and oxygen atoms in total. The smallest absolute Gasteiger partial charge is 0.341 e. The van der Waals surface area contributed by atoms with Gasteiger partial charge in [0.15, 0.2) is 0 Å². The van der Waals surface area contributed by atoms with Crippen molar-refractivity contribution in [1.29, 1.82) is 0 Å². The third kappa shape index (κ3) is 3.98. The molecule has 1 aliphatic rings. The van der Waals surface area contributed by atoms with Crippen molar-refractivity contribution in [2.75, 3.05) is 18.2 Å². The van der Waals surface area contributed by atoms with Gasteiger partial charge in [-0.15, -0.1) is 23.1 Å². The number of nitrogens with zero attached hydrogens (tertiary/aromatic N) is 1. The number of anilines is 1. The fourth-order valence-corrected chi connectivity index (χ4v) is 5.85. The molecule has 0 saturated carbocycles. The van der Waals surface area contributed by atoms with E-state index in [1.807, 2.05) is 52.8 Å². The van der Waals surface area contributed by atoms with Crippen molar-refractivity contribution < 1.29 is 19.1 Å². The number of hydrogen-bond acceptors (Lipinski definition) is 6. The van der Waals surface area contributed by atoms with Crippen LogP contribution in [0, 0.1) is 20.8 Å². The van der Waals surface area contributed by atoms with Crippen molar-refractivity contribution in [3.63, 3.8) is 0 Å². The van der Waals surface area contributed by atoms with Gasteiger partial charge in [-0.25, -0.2) is 4.79 Å². The number of rotatable bonds is 5. The number of amides is 2. The largest absolute Gasteiger partial charge is 0.465 e. The minimum atomic E-state index is -0.597. The Balaban J connectivity index is 2.01. The number of carbonyl (C=O) groups excluding carboxylic acids is 3. The minimum Gasteiger partial charge on any atom is -0.465 e. The van der Waals surface area contributed by atoms with Crippen molar-refractivity contribution in [2.24, 2.45) is 0 Å². The Morgan fingerprint density at radius 1 is 1.23 bits per heavy atom. The van der Waals surface area contributed by atoms with Crippen molar-refractivity contribution in [1.82, 2.24) is 4.90 Å². The van der Waals surface area contributed by atoms with Gasteiger partial charge in [-0.2, -0.15) is 0 Å². The maximum absolute atomic E-state index is 13.0. The van der Waals surface area contributed by atoms with E-state index in [9.17, 15) is 14.4 Å². The summed E-state index contributed by atoms with van der Waals surface area (Å²) in [5, 5.41) is 3.33. The monoisotopic (exact) mass is 446 g/mol. The van der Waals surface area contributed by atoms with Crippen LogP contribution in [-0.4, -0.2) is 47.0 Å². The van der Waals surface area contributed by atoms with Gasteiger partial charge in [0.1, 0.15) is 16.6 Å². The lowest BCUT2D eigenvalue weighted by molar-refractivity contribution is -0.130. The van der Waals surface area contributed by atoms with Crippen molar-refractivity contribution in [3.8, 4) is 11.1 Å². The van der Waals surface area contributed by atoms with E-state index in [2.05, 4.69) is 5.32 Å². The summed E-state index contributed by atoms with van der Waals surface area (Å²) in [6, 6.07) is 5.42. The second-order valence-electron chi connectivity index (χ2n) is 7.80. The van der Waals surface area contributed by atoms with Gasteiger partial charge in [-0.3, -0.25) is 9.59 Å². The molecule has 0 radical (unpaired) electrons. The number of carbonyl (C=O) groups is 3. The summed E-state index contributed by atoms with van der Waals surface area (Å²) < 4.78 is 5.03. The van der Waals surface area contributed by atoms with Gasteiger partial charge >= 0.3 is 5.97 Å².